The highest BCUT2D eigenvalue weighted by Crippen LogP contribution is 2.25. The Morgan fingerprint density at radius 3 is 2.76 bits per heavy atom. The largest absolute Gasteiger partial charge is 0.272 e. The van der Waals surface area contributed by atoms with Crippen molar-refractivity contribution >= 4 is 17.3 Å². The zero-order valence-electron chi connectivity index (χ0n) is 9.63. The van der Waals surface area contributed by atoms with Crippen LogP contribution in [0.4, 0.5) is 5.69 Å². The van der Waals surface area contributed by atoms with Crippen LogP contribution in [-0.4, -0.2) is 11.6 Å². The molecular formula is C13H13N3O. The van der Waals surface area contributed by atoms with Crippen molar-refractivity contribution in [3.05, 3.63) is 30.3 Å². The highest BCUT2D eigenvalue weighted by atomic mass is 16.2. The van der Waals surface area contributed by atoms with Gasteiger partial charge in [0.25, 0.3) is 5.91 Å². The Balaban J connectivity index is 2.19. The summed E-state index contributed by atoms with van der Waals surface area (Å²) in [5.74, 6) is -0.279. The summed E-state index contributed by atoms with van der Waals surface area (Å²) in [5, 5.41) is 14.3. The number of nitrogens with zero attached hydrogens (tertiary/aromatic N) is 3. The number of hydrogen-bond donors (Lipinski definition) is 0. The molecule has 0 fully saturated rings. The molecule has 0 aliphatic carbocycles. The maximum absolute atomic E-state index is 12.1. The number of hydrazone groups is 1. The van der Waals surface area contributed by atoms with E-state index in [4.69, 9.17) is 5.26 Å². The molecule has 1 aliphatic rings. The molecule has 4 nitrogen and oxygen atoms in total. The Labute approximate surface area is 100 Å². The summed E-state index contributed by atoms with van der Waals surface area (Å²) in [6.45, 7) is 1.84. The standard InChI is InChI=1S/C13H13N3O/c1-10-12(8-5-9-14)13(17)16(15-10)11-6-3-2-4-7-11/h2-4,6-7,12H,5,8H2,1H3. The number of carbonyl (C=O) groups is 1. The number of para-hydroxylation sites is 1. The first-order chi connectivity index (χ1) is 8.24. The zero-order chi connectivity index (χ0) is 12.3. The maximum atomic E-state index is 12.1. The normalized spacial score (nSPS) is 19.1. The lowest BCUT2D eigenvalue weighted by Crippen LogP contribution is -2.26. The van der Waals surface area contributed by atoms with Gasteiger partial charge in [0.2, 0.25) is 0 Å². The van der Waals surface area contributed by atoms with Crippen LogP contribution in [0.25, 0.3) is 0 Å². The van der Waals surface area contributed by atoms with Crippen LogP contribution in [0.15, 0.2) is 35.4 Å². The third-order valence-corrected chi connectivity index (χ3v) is 2.81. The lowest BCUT2D eigenvalue weighted by atomic mass is 9.99. The van der Waals surface area contributed by atoms with E-state index < -0.39 is 0 Å². The maximum Gasteiger partial charge on any atom is 0.256 e. The van der Waals surface area contributed by atoms with E-state index in [1.54, 1.807) is 0 Å². The molecule has 1 amide bonds. The second kappa shape index (κ2) is 4.79. The molecule has 0 spiro atoms. The number of nitriles is 1. The van der Waals surface area contributed by atoms with E-state index in [1.807, 2.05) is 37.3 Å². The van der Waals surface area contributed by atoms with Gasteiger partial charge in [-0.2, -0.15) is 10.4 Å². The molecule has 4 heteroatoms. The Morgan fingerprint density at radius 2 is 2.12 bits per heavy atom. The van der Waals surface area contributed by atoms with Gasteiger partial charge in [-0.15, -0.1) is 0 Å². The first-order valence-electron chi connectivity index (χ1n) is 5.55. The van der Waals surface area contributed by atoms with E-state index in [2.05, 4.69) is 11.2 Å². The first-order valence-corrected chi connectivity index (χ1v) is 5.55. The molecule has 0 saturated carbocycles. The van der Waals surface area contributed by atoms with E-state index >= 15 is 0 Å². The Bertz CT molecular complexity index is 487. The van der Waals surface area contributed by atoms with Gasteiger partial charge in [0.05, 0.1) is 17.7 Å². The van der Waals surface area contributed by atoms with E-state index in [-0.39, 0.29) is 11.8 Å². The topological polar surface area (TPSA) is 56.5 Å². The summed E-state index contributed by atoms with van der Waals surface area (Å²) < 4.78 is 0. The molecule has 0 radical (unpaired) electrons. The van der Waals surface area contributed by atoms with Crippen LogP contribution in [0.1, 0.15) is 19.8 Å². The lowest BCUT2D eigenvalue weighted by molar-refractivity contribution is -0.119. The minimum atomic E-state index is -0.241. The average molecular weight is 227 g/mol. The van der Waals surface area contributed by atoms with Crippen molar-refractivity contribution in [1.82, 2.24) is 0 Å². The highest BCUT2D eigenvalue weighted by molar-refractivity contribution is 6.14. The molecule has 1 aliphatic heterocycles. The third-order valence-electron chi connectivity index (χ3n) is 2.81. The zero-order valence-corrected chi connectivity index (χ0v) is 9.63. The van der Waals surface area contributed by atoms with Crippen molar-refractivity contribution in [2.24, 2.45) is 11.0 Å². The molecule has 17 heavy (non-hydrogen) atoms. The quantitative estimate of drug-likeness (QED) is 0.795. The minimum Gasteiger partial charge on any atom is -0.272 e. The molecule has 1 aromatic carbocycles. The second-order valence-electron chi connectivity index (χ2n) is 3.98. The van der Waals surface area contributed by atoms with Crippen molar-refractivity contribution in [3.63, 3.8) is 0 Å². The van der Waals surface area contributed by atoms with Crippen LogP contribution in [0.5, 0.6) is 0 Å². The summed E-state index contributed by atoms with van der Waals surface area (Å²) in [6.07, 6.45) is 0.930. The van der Waals surface area contributed by atoms with Crippen molar-refractivity contribution < 1.29 is 4.79 Å². The molecule has 0 N–H and O–H groups in total. The molecule has 1 aromatic rings. The Morgan fingerprint density at radius 1 is 1.41 bits per heavy atom. The number of carbonyl (C=O) groups excluding carboxylic acids is 1. The van der Waals surface area contributed by atoms with Crippen molar-refractivity contribution in [1.29, 1.82) is 5.26 Å². The fourth-order valence-corrected chi connectivity index (χ4v) is 1.90. The van der Waals surface area contributed by atoms with Gasteiger partial charge in [0, 0.05) is 12.1 Å². The average Bonchev–Trinajstić information content (AvgIpc) is 2.64. The fourth-order valence-electron chi connectivity index (χ4n) is 1.90. The number of hydrogen-bond acceptors (Lipinski definition) is 3. The SMILES string of the molecule is CC1=NN(c2ccccc2)C(=O)C1CCC#N. The van der Waals surface area contributed by atoms with Gasteiger partial charge in [-0.3, -0.25) is 4.79 Å². The number of rotatable bonds is 3. The molecule has 0 bridgehead atoms. The van der Waals surface area contributed by atoms with Gasteiger partial charge in [0.1, 0.15) is 0 Å². The van der Waals surface area contributed by atoms with Gasteiger partial charge in [-0.05, 0) is 25.5 Å². The molecule has 0 saturated heterocycles. The fraction of sp³-hybridized carbons (Fsp3) is 0.308. The smallest absolute Gasteiger partial charge is 0.256 e. The summed E-state index contributed by atoms with van der Waals surface area (Å²) in [6, 6.07) is 11.4. The van der Waals surface area contributed by atoms with E-state index in [0.717, 1.165) is 11.4 Å². The predicted molar refractivity (Wildman–Crippen MR) is 65.4 cm³/mol. The molecule has 2 rings (SSSR count). The Hall–Kier alpha value is -2.15. The van der Waals surface area contributed by atoms with Crippen LogP contribution >= 0.6 is 0 Å². The summed E-state index contributed by atoms with van der Waals surface area (Å²) >= 11 is 0. The van der Waals surface area contributed by atoms with Crippen LogP contribution in [0.2, 0.25) is 0 Å². The summed E-state index contributed by atoms with van der Waals surface area (Å²) in [4.78, 5) is 12.1. The van der Waals surface area contributed by atoms with Gasteiger partial charge in [-0.1, -0.05) is 18.2 Å². The summed E-state index contributed by atoms with van der Waals surface area (Å²) in [7, 11) is 0. The monoisotopic (exact) mass is 227 g/mol. The predicted octanol–water partition coefficient (Wildman–Crippen LogP) is 2.33. The van der Waals surface area contributed by atoms with Gasteiger partial charge in [0.15, 0.2) is 0 Å². The highest BCUT2D eigenvalue weighted by Gasteiger charge is 2.33. The number of benzene rings is 1. The van der Waals surface area contributed by atoms with Crippen molar-refractivity contribution in [2.45, 2.75) is 19.8 Å². The molecule has 1 unspecified atom stereocenters. The molecule has 86 valence electrons. The van der Waals surface area contributed by atoms with Gasteiger partial charge < -0.3 is 0 Å². The Kier molecular flexibility index (Phi) is 3.20. The van der Waals surface area contributed by atoms with Crippen molar-refractivity contribution in [3.8, 4) is 6.07 Å². The molecule has 1 atom stereocenters. The number of anilines is 1. The summed E-state index contributed by atoms with van der Waals surface area (Å²) in [5.41, 5.74) is 1.56. The van der Waals surface area contributed by atoms with Gasteiger partial charge in [-0.25, -0.2) is 5.01 Å². The third kappa shape index (κ3) is 2.18. The molecule has 1 heterocycles. The number of amides is 1. The van der Waals surface area contributed by atoms with E-state index in [1.165, 1.54) is 5.01 Å². The lowest BCUT2D eigenvalue weighted by Gasteiger charge is -2.13. The van der Waals surface area contributed by atoms with Gasteiger partial charge >= 0.3 is 0 Å². The van der Waals surface area contributed by atoms with Crippen LogP contribution in [0, 0.1) is 17.2 Å². The first kappa shape index (κ1) is 11.3. The van der Waals surface area contributed by atoms with E-state index in [0.29, 0.717) is 12.8 Å². The van der Waals surface area contributed by atoms with Crippen LogP contribution < -0.4 is 5.01 Å². The van der Waals surface area contributed by atoms with Crippen molar-refractivity contribution in [2.75, 3.05) is 5.01 Å². The van der Waals surface area contributed by atoms with E-state index in [9.17, 15) is 4.79 Å². The molecular weight excluding hydrogens is 214 g/mol. The molecule has 0 aromatic heterocycles. The van der Waals surface area contributed by atoms with Crippen LogP contribution in [0.3, 0.4) is 0 Å². The van der Waals surface area contributed by atoms with Crippen LogP contribution in [-0.2, 0) is 4.79 Å². The second-order valence-corrected chi connectivity index (χ2v) is 3.98. The minimum absolute atomic E-state index is 0.0380.